The van der Waals surface area contributed by atoms with Gasteiger partial charge in [0.1, 0.15) is 17.1 Å². The molecule has 0 spiro atoms. The van der Waals surface area contributed by atoms with Crippen LogP contribution in [-0.4, -0.2) is 41.1 Å². The van der Waals surface area contributed by atoms with Gasteiger partial charge in [-0.15, -0.1) is 0 Å². The van der Waals surface area contributed by atoms with Crippen LogP contribution in [0.2, 0.25) is 0 Å². The molecule has 0 unspecified atom stereocenters. The van der Waals surface area contributed by atoms with Gasteiger partial charge in [0, 0.05) is 5.56 Å². The van der Waals surface area contributed by atoms with Crippen molar-refractivity contribution in [1.82, 2.24) is 19.7 Å². The first-order chi connectivity index (χ1) is 13.1. The Balaban J connectivity index is 1.81. The molecule has 0 aliphatic heterocycles. The van der Waals surface area contributed by atoms with Crippen molar-refractivity contribution in [3.63, 3.8) is 0 Å². The van der Waals surface area contributed by atoms with Gasteiger partial charge in [-0.05, 0) is 49.4 Å². The lowest BCUT2D eigenvalue weighted by Gasteiger charge is -2.08. The average molecular weight is 364 g/mol. The van der Waals surface area contributed by atoms with Crippen molar-refractivity contribution in [2.45, 2.75) is 6.92 Å². The maximum Gasteiger partial charge on any atom is 0.181 e. The van der Waals surface area contributed by atoms with Crippen LogP contribution in [0, 0.1) is 6.92 Å². The predicted molar refractivity (Wildman–Crippen MR) is 103 cm³/mol. The van der Waals surface area contributed by atoms with E-state index < -0.39 is 0 Å². The molecule has 0 bridgehead atoms. The summed E-state index contributed by atoms with van der Waals surface area (Å²) in [5.41, 5.74) is 4.36. The van der Waals surface area contributed by atoms with E-state index >= 15 is 0 Å². The molecule has 0 saturated heterocycles. The van der Waals surface area contributed by atoms with Gasteiger partial charge in [-0.25, -0.2) is 9.67 Å². The predicted octanol–water partition coefficient (Wildman–Crippen LogP) is 3.75. The Morgan fingerprint density at radius 2 is 1.63 bits per heavy atom. The molecule has 0 atom stereocenters. The number of methoxy groups -OCH3 is 3. The molecule has 138 valence electrons. The molecule has 4 rings (SSSR count). The lowest BCUT2D eigenvalue weighted by atomic mass is 10.2. The molecule has 7 heteroatoms. The van der Waals surface area contributed by atoms with Crippen LogP contribution in [0.1, 0.15) is 5.69 Å². The van der Waals surface area contributed by atoms with Crippen LogP contribution in [0.15, 0.2) is 42.5 Å². The fraction of sp³-hybridized carbons (Fsp3) is 0.200. The molecular formula is C20H20N4O3. The monoisotopic (exact) mass is 364 g/mol. The summed E-state index contributed by atoms with van der Waals surface area (Å²) in [6, 6.07) is 13.4. The first-order valence-corrected chi connectivity index (χ1v) is 8.46. The molecule has 0 saturated carbocycles. The first kappa shape index (κ1) is 17.0. The zero-order valence-corrected chi connectivity index (χ0v) is 15.6. The fourth-order valence-corrected chi connectivity index (χ4v) is 3.04. The fourth-order valence-electron chi connectivity index (χ4n) is 3.04. The number of aryl methyl sites for hydroxylation is 1. The minimum atomic E-state index is 0.656. The number of hydrogen-bond donors (Lipinski definition) is 1. The molecule has 0 radical (unpaired) electrons. The van der Waals surface area contributed by atoms with Crippen molar-refractivity contribution in [3.8, 4) is 34.3 Å². The number of nitrogens with one attached hydrogen (secondary N) is 1. The SMILES string of the molecule is COc1ccc(-n2nc(C)c3[nH]c(-c4ccc(OC)c(OC)c4)nc32)cc1. The van der Waals surface area contributed by atoms with Gasteiger partial charge in [-0.2, -0.15) is 5.10 Å². The summed E-state index contributed by atoms with van der Waals surface area (Å²) in [5.74, 6) is 2.88. The number of imidazole rings is 1. The van der Waals surface area contributed by atoms with E-state index in [1.165, 1.54) is 0 Å². The van der Waals surface area contributed by atoms with Gasteiger partial charge in [0.25, 0.3) is 0 Å². The number of ether oxygens (including phenoxy) is 3. The molecule has 0 aliphatic carbocycles. The minimum absolute atomic E-state index is 0.656. The Morgan fingerprint density at radius 3 is 2.30 bits per heavy atom. The Labute approximate surface area is 156 Å². The largest absolute Gasteiger partial charge is 0.497 e. The van der Waals surface area contributed by atoms with Gasteiger partial charge < -0.3 is 19.2 Å². The van der Waals surface area contributed by atoms with Crippen LogP contribution in [0.25, 0.3) is 28.2 Å². The zero-order chi connectivity index (χ0) is 19.0. The highest BCUT2D eigenvalue weighted by molar-refractivity contribution is 5.80. The van der Waals surface area contributed by atoms with Crippen LogP contribution < -0.4 is 14.2 Å². The quantitative estimate of drug-likeness (QED) is 0.584. The molecule has 2 heterocycles. The third-order valence-electron chi connectivity index (χ3n) is 4.47. The van der Waals surface area contributed by atoms with Gasteiger partial charge in [-0.1, -0.05) is 0 Å². The van der Waals surface area contributed by atoms with Crippen LogP contribution in [0.4, 0.5) is 0 Å². The number of H-pyrrole nitrogens is 1. The number of nitrogens with zero attached hydrogens (tertiary/aromatic N) is 3. The van der Waals surface area contributed by atoms with Gasteiger partial charge in [0.15, 0.2) is 17.1 Å². The van der Waals surface area contributed by atoms with Crippen molar-refractivity contribution in [2.24, 2.45) is 0 Å². The highest BCUT2D eigenvalue weighted by Crippen LogP contribution is 2.32. The summed E-state index contributed by atoms with van der Waals surface area (Å²) in [7, 11) is 4.88. The van der Waals surface area contributed by atoms with Crippen molar-refractivity contribution < 1.29 is 14.2 Å². The van der Waals surface area contributed by atoms with E-state index in [1.54, 1.807) is 21.3 Å². The van der Waals surface area contributed by atoms with E-state index in [-0.39, 0.29) is 0 Å². The second kappa shape index (κ2) is 6.68. The first-order valence-electron chi connectivity index (χ1n) is 8.46. The Kier molecular flexibility index (Phi) is 4.19. The molecule has 0 aliphatic rings. The van der Waals surface area contributed by atoms with Crippen LogP contribution in [-0.2, 0) is 0 Å². The van der Waals surface area contributed by atoms with Crippen molar-refractivity contribution in [1.29, 1.82) is 0 Å². The molecule has 27 heavy (non-hydrogen) atoms. The zero-order valence-electron chi connectivity index (χ0n) is 15.6. The molecule has 0 fully saturated rings. The van der Waals surface area contributed by atoms with Gasteiger partial charge in [0.05, 0.1) is 32.7 Å². The highest BCUT2D eigenvalue weighted by Gasteiger charge is 2.16. The van der Waals surface area contributed by atoms with Gasteiger partial charge >= 0.3 is 0 Å². The van der Waals surface area contributed by atoms with E-state index in [1.807, 2.05) is 54.1 Å². The van der Waals surface area contributed by atoms with E-state index in [0.717, 1.165) is 39.7 Å². The summed E-state index contributed by atoms with van der Waals surface area (Å²) in [5, 5.41) is 4.61. The lowest BCUT2D eigenvalue weighted by Crippen LogP contribution is -1.98. The lowest BCUT2D eigenvalue weighted by molar-refractivity contribution is 0.355. The van der Waals surface area contributed by atoms with E-state index in [2.05, 4.69) is 10.1 Å². The molecule has 2 aromatic carbocycles. The molecule has 1 N–H and O–H groups in total. The van der Waals surface area contributed by atoms with E-state index in [0.29, 0.717) is 11.5 Å². The molecule has 0 amide bonds. The highest BCUT2D eigenvalue weighted by atomic mass is 16.5. The summed E-state index contributed by atoms with van der Waals surface area (Å²) in [6.07, 6.45) is 0. The van der Waals surface area contributed by atoms with Crippen LogP contribution in [0.3, 0.4) is 0 Å². The third kappa shape index (κ3) is 2.87. The minimum Gasteiger partial charge on any atom is -0.497 e. The third-order valence-corrected chi connectivity index (χ3v) is 4.47. The second-order valence-electron chi connectivity index (χ2n) is 6.05. The smallest absolute Gasteiger partial charge is 0.181 e. The Hall–Kier alpha value is -3.48. The molecule has 7 nitrogen and oxygen atoms in total. The molecule has 2 aromatic heterocycles. The molecule has 4 aromatic rings. The van der Waals surface area contributed by atoms with E-state index in [9.17, 15) is 0 Å². The summed E-state index contributed by atoms with van der Waals surface area (Å²) in [4.78, 5) is 8.14. The van der Waals surface area contributed by atoms with Crippen molar-refractivity contribution in [3.05, 3.63) is 48.2 Å². The average Bonchev–Trinajstić information content (AvgIpc) is 3.28. The number of fused-ring (bicyclic) bond motifs is 1. The maximum absolute atomic E-state index is 5.40. The summed E-state index contributed by atoms with van der Waals surface area (Å²) < 4.78 is 17.8. The number of rotatable bonds is 5. The normalized spacial score (nSPS) is 11.0. The van der Waals surface area contributed by atoms with Gasteiger partial charge in [0.2, 0.25) is 0 Å². The Morgan fingerprint density at radius 1 is 0.889 bits per heavy atom. The Bertz CT molecular complexity index is 1100. The van der Waals surface area contributed by atoms with Crippen molar-refractivity contribution in [2.75, 3.05) is 21.3 Å². The summed E-state index contributed by atoms with van der Waals surface area (Å²) in [6.45, 7) is 1.96. The number of benzene rings is 2. The number of aromatic amines is 1. The standard InChI is InChI=1S/C20H20N4O3/c1-12-18-20(24(23-12)14-6-8-15(25-2)9-7-14)22-19(21-18)13-5-10-16(26-3)17(11-13)27-4/h5-11H,1-4H3,(H,21,22). The van der Waals surface area contributed by atoms with E-state index in [4.69, 9.17) is 19.2 Å². The maximum atomic E-state index is 5.40. The number of aromatic nitrogens is 4. The van der Waals surface area contributed by atoms with Gasteiger partial charge in [-0.3, -0.25) is 0 Å². The van der Waals surface area contributed by atoms with Crippen molar-refractivity contribution >= 4 is 11.2 Å². The second-order valence-corrected chi connectivity index (χ2v) is 6.05. The summed E-state index contributed by atoms with van der Waals surface area (Å²) >= 11 is 0. The van der Waals surface area contributed by atoms with Crippen LogP contribution in [0.5, 0.6) is 17.2 Å². The topological polar surface area (TPSA) is 74.2 Å². The molecular weight excluding hydrogens is 344 g/mol. The van der Waals surface area contributed by atoms with Crippen LogP contribution >= 0.6 is 0 Å². The number of hydrogen-bond acceptors (Lipinski definition) is 5.